The number of para-hydroxylation sites is 1. The van der Waals surface area contributed by atoms with E-state index in [1.165, 1.54) is 19.1 Å². The zero-order chi connectivity index (χ0) is 24.1. The summed E-state index contributed by atoms with van der Waals surface area (Å²) in [5.74, 6) is -5.21. The van der Waals surface area contributed by atoms with Crippen LogP contribution < -0.4 is 10.5 Å². The predicted octanol–water partition coefficient (Wildman–Crippen LogP) is -1.89. The smallest absolute Gasteiger partial charge is 0.367 e. The Hall–Kier alpha value is -2.61. The molecule has 178 valence electrons. The van der Waals surface area contributed by atoms with Gasteiger partial charge in [-0.2, -0.15) is 0 Å². The van der Waals surface area contributed by atoms with Crippen LogP contribution in [0.1, 0.15) is 25.8 Å². The van der Waals surface area contributed by atoms with Crippen LogP contribution in [0.4, 0.5) is 0 Å². The van der Waals surface area contributed by atoms with Gasteiger partial charge in [-0.15, -0.1) is 0 Å². The van der Waals surface area contributed by atoms with E-state index in [0.717, 1.165) is 6.92 Å². The molecule has 0 saturated carbocycles. The van der Waals surface area contributed by atoms with Gasteiger partial charge in [-0.1, -0.05) is 18.2 Å². The zero-order valence-corrected chi connectivity index (χ0v) is 17.5. The van der Waals surface area contributed by atoms with E-state index < -0.39 is 73.8 Å². The maximum atomic E-state index is 12.7. The van der Waals surface area contributed by atoms with Gasteiger partial charge in [0.05, 0.1) is 19.1 Å². The van der Waals surface area contributed by atoms with Crippen molar-refractivity contribution in [1.82, 2.24) is 0 Å². The summed E-state index contributed by atoms with van der Waals surface area (Å²) in [5.41, 5.74) is 6.27. The third-order valence-electron chi connectivity index (χ3n) is 4.76. The van der Waals surface area contributed by atoms with Gasteiger partial charge in [0.2, 0.25) is 0 Å². The van der Waals surface area contributed by atoms with Gasteiger partial charge in [-0.3, -0.25) is 9.59 Å². The Balaban J connectivity index is 2.22. The number of ether oxygens (including phenoxy) is 4. The highest BCUT2D eigenvalue weighted by atomic mass is 16.7. The lowest BCUT2D eigenvalue weighted by atomic mass is 9.89. The molecule has 6 atom stereocenters. The van der Waals surface area contributed by atoms with E-state index in [1.54, 1.807) is 12.1 Å². The van der Waals surface area contributed by atoms with E-state index in [2.05, 4.69) is 0 Å². The molecule has 0 aromatic heterocycles. The van der Waals surface area contributed by atoms with E-state index in [0.29, 0.717) is 5.56 Å². The fourth-order valence-corrected chi connectivity index (χ4v) is 3.19. The SMILES string of the molecule is CC(=O)Oc1ccccc1COC(=O)C1(O)C[C@H](OC(C)=O)[C@@H](N)[C@H]([C@H](O)[C@H](O)CO)O1. The molecule has 12 nitrogen and oxygen atoms in total. The lowest BCUT2D eigenvalue weighted by Gasteiger charge is -2.44. The summed E-state index contributed by atoms with van der Waals surface area (Å²) in [4.78, 5) is 35.4. The molecule has 32 heavy (non-hydrogen) atoms. The van der Waals surface area contributed by atoms with E-state index >= 15 is 0 Å². The molecule has 0 spiro atoms. The number of nitrogens with two attached hydrogens (primary N) is 1. The van der Waals surface area contributed by atoms with Crippen molar-refractivity contribution in [1.29, 1.82) is 0 Å². The second kappa shape index (κ2) is 10.8. The summed E-state index contributed by atoms with van der Waals surface area (Å²) in [5, 5.41) is 39.9. The van der Waals surface area contributed by atoms with Crippen LogP contribution in [0, 0.1) is 0 Å². The molecular formula is C20H27NO11. The van der Waals surface area contributed by atoms with Crippen LogP contribution in [0.2, 0.25) is 0 Å². The second-order valence-corrected chi connectivity index (χ2v) is 7.31. The number of hydrogen-bond acceptors (Lipinski definition) is 12. The van der Waals surface area contributed by atoms with Crippen molar-refractivity contribution >= 4 is 17.9 Å². The molecule has 12 heteroatoms. The maximum absolute atomic E-state index is 12.7. The summed E-state index contributed by atoms with van der Waals surface area (Å²) in [7, 11) is 0. The molecule has 6 N–H and O–H groups in total. The Bertz CT molecular complexity index is 832. The normalized spacial score (nSPS) is 27.2. The molecule has 1 saturated heterocycles. The zero-order valence-electron chi connectivity index (χ0n) is 17.5. The van der Waals surface area contributed by atoms with Crippen molar-refractivity contribution in [3.63, 3.8) is 0 Å². The lowest BCUT2D eigenvalue weighted by molar-refractivity contribution is -0.296. The molecule has 0 aliphatic carbocycles. The number of hydrogen-bond donors (Lipinski definition) is 5. The van der Waals surface area contributed by atoms with Gasteiger partial charge in [0.15, 0.2) is 0 Å². The van der Waals surface area contributed by atoms with Gasteiger partial charge in [-0.25, -0.2) is 4.79 Å². The summed E-state index contributed by atoms with van der Waals surface area (Å²) in [6.07, 6.45) is -7.02. The molecule has 0 bridgehead atoms. The van der Waals surface area contributed by atoms with Gasteiger partial charge in [-0.05, 0) is 6.07 Å². The second-order valence-electron chi connectivity index (χ2n) is 7.31. The fourth-order valence-electron chi connectivity index (χ4n) is 3.19. The van der Waals surface area contributed by atoms with E-state index in [-0.39, 0.29) is 5.75 Å². The van der Waals surface area contributed by atoms with Gasteiger partial charge >= 0.3 is 17.9 Å². The number of carbonyl (C=O) groups is 3. The Labute approximate surface area is 183 Å². The summed E-state index contributed by atoms with van der Waals surface area (Å²) >= 11 is 0. The topological polar surface area (TPSA) is 195 Å². The minimum absolute atomic E-state index is 0.142. The van der Waals surface area contributed by atoms with E-state index in [4.69, 9.17) is 29.8 Å². The Morgan fingerprint density at radius 2 is 1.88 bits per heavy atom. The number of aliphatic hydroxyl groups excluding tert-OH is 3. The van der Waals surface area contributed by atoms with Gasteiger partial charge < -0.3 is 45.1 Å². The first-order chi connectivity index (χ1) is 15.0. The van der Waals surface area contributed by atoms with Crippen molar-refractivity contribution in [2.24, 2.45) is 5.73 Å². The number of benzene rings is 1. The van der Waals surface area contributed by atoms with Gasteiger partial charge in [0.25, 0.3) is 5.79 Å². The highest BCUT2D eigenvalue weighted by Gasteiger charge is 2.54. The maximum Gasteiger partial charge on any atom is 0.367 e. The minimum Gasteiger partial charge on any atom is -0.461 e. The molecule has 0 radical (unpaired) electrons. The van der Waals surface area contributed by atoms with Crippen LogP contribution in [-0.4, -0.2) is 81.2 Å². The number of aliphatic hydroxyl groups is 4. The molecule has 1 heterocycles. The first-order valence-electron chi connectivity index (χ1n) is 9.72. The summed E-state index contributed by atoms with van der Waals surface area (Å²) in [6, 6.07) is 4.98. The Kier molecular flexibility index (Phi) is 8.66. The van der Waals surface area contributed by atoms with Crippen molar-refractivity contribution in [3.05, 3.63) is 29.8 Å². The third-order valence-corrected chi connectivity index (χ3v) is 4.76. The third kappa shape index (κ3) is 6.22. The van der Waals surface area contributed by atoms with Gasteiger partial charge in [0, 0.05) is 19.4 Å². The van der Waals surface area contributed by atoms with Crippen molar-refractivity contribution in [2.75, 3.05) is 6.61 Å². The van der Waals surface area contributed by atoms with Crippen LogP contribution in [0.25, 0.3) is 0 Å². The molecular weight excluding hydrogens is 430 g/mol. The standard InChI is InChI=1S/C20H27NO11/c1-10(23)30-14-6-4-3-5-12(14)9-29-19(27)20(28)7-15(31-11(2)24)16(21)18(32-20)17(26)13(25)8-22/h3-6,13,15-18,22,25-26,28H,7-9,21H2,1-2H3/t13-,15+,16-,17-,18-,20?/m1/s1. The van der Waals surface area contributed by atoms with Crippen LogP contribution in [0.15, 0.2) is 24.3 Å². The minimum atomic E-state index is -2.70. The van der Waals surface area contributed by atoms with Crippen molar-refractivity contribution < 1.29 is 53.8 Å². The van der Waals surface area contributed by atoms with Crippen molar-refractivity contribution in [3.8, 4) is 5.75 Å². The largest absolute Gasteiger partial charge is 0.461 e. The molecule has 1 aromatic rings. The quantitative estimate of drug-likeness (QED) is 0.215. The Morgan fingerprint density at radius 1 is 1.22 bits per heavy atom. The van der Waals surface area contributed by atoms with Gasteiger partial charge in [0.1, 0.15) is 36.8 Å². The molecule has 1 aliphatic rings. The van der Waals surface area contributed by atoms with Crippen molar-refractivity contribution in [2.45, 2.75) is 63.1 Å². The van der Waals surface area contributed by atoms with Crippen LogP contribution in [-0.2, 0) is 35.2 Å². The molecule has 1 fully saturated rings. The summed E-state index contributed by atoms with van der Waals surface area (Å²) in [6.45, 7) is 1.01. The van der Waals surface area contributed by atoms with Crippen LogP contribution >= 0.6 is 0 Å². The number of rotatable bonds is 8. The average molecular weight is 457 g/mol. The molecule has 1 aliphatic heterocycles. The Morgan fingerprint density at radius 3 is 2.47 bits per heavy atom. The van der Waals surface area contributed by atoms with Crippen LogP contribution in [0.5, 0.6) is 5.75 Å². The highest BCUT2D eigenvalue weighted by Crippen LogP contribution is 2.32. The average Bonchev–Trinajstić information content (AvgIpc) is 2.73. The summed E-state index contributed by atoms with van der Waals surface area (Å²) < 4.78 is 20.5. The van der Waals surface area contributed by atoms with E-state index in [1.807, 2.05) is 0 Å². The predicted molar refractivity (Wildman–Crippen MR) is 105 cm³/mol. The highest BCUT2D eigenvalue weighted by molar-refractivity contribution is 5.78. The monoisotopic (exact) mass is 457 g/mol. The molecule has 2 rings (SSSR count). The first-order valence-corrected chi connectivity index (χ1v) is 9.72. The molecule has 0 amide bonds. The van der Waals surface area contributed by atoms with E-state index in [9.17, 15) is 29.7 Å². The molecule has 1 unspecified atom stereocenters. The molecule has 1 aromatic carbocycles. The number of carbonyl (C=O) groups excluding carboxylic acids is 3. The fraction of sp³-hybridized carbons (Fsp3) is 0.550. The first kappa shape index (κ1) is 25.6. The lowest BCUT2D eigenvalue weighted by Crippen LogP contribution is -2.66. The van der Waals surface area contributed by atoms with Crippen LogP contribution in [0.3, 0.4) is 0 Å². The number of esters is 3.